The van der Waals surface area contributed by atoms with Crippen molar-refractivity contribution in [1.29, 1.82) is 0 Å². The molecule has 3 nitrogen and oxygen atoms in total. The van der Waals surface area contributed by atoms with Gasteiger partial charge >= 0.3 is 5.97 Å². The molecule has 0 bridgehead atoms. The predicted octanol–water partition coefficient (Wildman–Crippen LogP) is 11.4. The maximum absolute atomic E-state index is 12.9. The van der Waals surface area contributed by atoms with Gasteiger partial charge in [0.1, 0.15) is 6.10 Å². The fourth-order valence-electron chi connectivity index (χ4n) is 5.17. The number of hydrogen-bond acceptors (Lipinski definition) is 3. The van der Waals surface area contributed by atoms with E-state index in [9.17, 15) is 4.79 Å². The Hall–Kier alpha value is -1.35. The number of ether oxygens (including phenoxy) is 1. The summed E-state index contributed by atoms with van der Waals surface area (Å²) < 4.78 is 6.26. The Morgan fingerprint density at radius 2 is 1.00 bits per heavy atom. The van der Waals surface area contributed by atoms with Crippen LogP contribution in [0.15, 0.2) is 36.5 Å². The number of carbonyl (C=O) groups is 1. The molecule has 0 radical (unpaired) electrons. The minimum absolute atomic E-state index is 0.00425. The van der Waals surface area contributed by atoms with Gasteiger partial charge in [-0.15, -0.1) is 0 Å². The number of carbonyl (C=O) groups excluding carboxylic acids is 1. The Balaban J connectivity index is 5.12. The summed E-state index contributed by atoms with van der Waals surface area (Å²) in [4.78, 5) is 15.0. The zero-order valence-corrected chi connectivity index (χ0v) is 27.6. The molecule has 0 aromatic heterocycles. The second-order valence-corrected chi connectivity index (χ2v) is 12.0. The lowest BCUT2D eigenvalue weighted by Gasteiger charge is -2.27. The van der Waals surface area contributed by atoms with Gasteiger partial charge in [0, 0.05) is 6.42 Å². The fraction of sp³-hybridized carbons (Fsp3) is 0.811. The first kappa shape index (κ1) is 38.6. The fourth-order valence-corrected chi connectivity index (χ4v) is 5.17. The van der Waals surface area contributed by atoms with Crippen LogP contribution in [0.4, 0.5) is 0 Å². The van der Waals surface area contributed by atoms with E-state index in [-0.39, 0.29) is 12.1 Å². The quantitative estimate of drug-likeness (QED) is 0.0518. The monoisotopic (exact) mass is 560 g/mol. The molecule has 3 heteroatoms. The number of hydrogen-bond donors (Lipinski definition) is 0. The molecule has 0 rings (SSSR count). The summed E-state index contributed by atoms with van der Waals surface area (Å²) in [5, 5.41) is 0. The highest BCUT2D eigenvalue weighted by molar-refractivity contribution is 5.69. The topological polar surface area (TPSA) is 29.5 Å². The first-order chi connectivity index (χ1) is 19.5. The van der Waals surface area contributed by atoms with Crippen molar-refractivity contribution in [3.05, 3.63) is 36.5 Å². The molecule has 1 atom stereocenters. The van der Waals surface area contributed by atoms with E-state index in [2.05, 4.69) is 76.2 Å². The highest BCUT2D eigenvalue weighted by atomic mass is 16.5. The summed E-state index contributed by atoms with van der Waals surface area (Å²) in [7, 11) is 4.13. The molecule has 0 N–H and O–H groups in total. The van der Waals surface area contributed by atoms with Gasteiger partial charge in [-0.05, 0) is 123 Å². The molecule has 0 aliphatic carbocycles. The van der Waals surface area contributed by atoms with Gasteiger partial charge < -0.3 is 9.64 Å². The standard InChI is InChI=1S/C37H69NO2/c1-6-9-12-15-18-21-23-26-30-35(31-27-24-22-19-16-13-10-7-2)36(32-28-25-20-17-14-11-8-3)40-37(39)33-29-34-38(4)5/h18-22,25,35-36H,6-17,23-24,26-34H2,1-5H3. The van der Waals surface area contributed by atoms with Gasteiger partial charge in [-0.1, -0.05) is 95.8 Å². The number of allylic oxidation sites excluding steroid dienone is 6. The molecule has 0 aromatic carbocycles. The summed E-state index contributed by atoms with van der Waals surface area (Å²) >= 11 is 0. The smallest absolute Gasteiger partial charge is 0.306 e. The van der Waals surface area contributed by atoms with Crippen LogP contribution < -0.4 is 0 Å². The second-order valence-electron chi connectivity index (χ2n) is 12.0. The minimum atomic E-state index is -0.00425. The molecule has 0 aliphatic rings. The molecule has 0 aliphatic heterocycles. The minimum Gasteiger partial charge on any atom is -0.462 e. The van der Waals surface area contributed by atoms with Crippen molar-refractivity contribution < 1.29 is 9.53 Å². The molecular weight excluding hydrogens is 490 g/mol. The van der Waals surface area contributed by atoms with Gasteiger partial charge in [-0.2, -0.15) is 0 Å². The third-order valence-electron chi connectivity index (χ3n) is 7.73. The summed E-state index contributed by atoms with van der Waals surface area (Å²) in [5.74, 6) is 0.448. The van der Waals surface area contributed by atoms with Gasteiger partial charge in [0.2, 0.25) is 0 Å². The van der Waals surface area contributed by atoms with E-state index >= 15 is 0 Å². The summed E-state index contributed by atoms with van der Waals surface area (Å²) in [6, 6.07) is 0. The average Bonchev–Trinajstić information content (AvgIpc) is 2.93. The van der Waals surface area contributed by atoms with Crippen LogP contribution in [0, 0.1) is 5.92 Å². The lowest BCUT2D eigenvalue weighted by Crippen LogP contribution is -2.28. The lowest BCUT2D eigenvalue weighted by atomic mass is 9.88. The Kier molecular flexibility index (Phi) is 29.6. The maximum atomic E-state index is 12.9. The molecule has 0 fully saturated rings. The Morgan fingerprint density at radius 3 is 1.43 bits per heavy atom. The van der Waals surface area contributed by atoms with E-state index in [0.717, 1.165) is 51.5 Å². The number of nitrogens with zero attached hydrogens (tertiary/aromatic N) is 1. The van der Waals surface area contributed by atoms with E-state index in [4.69, 9.17) is 4.74 Å². The van der Waals surface area contributed by atoms with E-state index in [1.807, 2.05) is 0 Å². The predicted molar refractivity (Wildman–Crippen MR) is 178 cm³/mol. The van der Waals surface area contributed by atoms with E-state index in [0.29, 0.717) is 12.3 Å². The molecule has 0 saturated carbocycles. The van der Waals surface area contributed by atoms with E-state index < -0.39 is 0 Å². The molecule has 1 unspecified atom stereocenters. The van der Waals surface area contributed by atoms with Crippen molar-refractivity contribution in [3.8, 4) is 0 Å². The zero-order valence-electron chi connectivity index (χ0n) is 27.6. The summed E-state index contributed by atoms with van der Waals surface area (Å²) in [6.45, 7) is 7.71. The SMILES string of the molecule is CCCCCC=CCCCC(CCCC=CCCCCC)C(CCC=CCCCCC)OC(=O)CCCN(C)C. The highest BCUT2D eigenvalue weighted by Gasteiger charge is 2.24. The van der Waals surface area contributed by atoms with Crippen molar-refractivity contribution in [3.63, 3.8) is 0 Å². The maximum Gasteiger partial charge on any atom is 0.306 e. The van der Waals surface area contributed by atoms with Crippen molar-refractivity contribution in [2.75, 3.05) is 20.6 Å². The summed E-state index contributed by atoms with van der Waals surface area (Å²) in [5.41, 5.74) is 0. The first-order valence-corrected chi connectivity index (χ1v) is 17.3. The molecule has 234 valence electrons. The van der Waals surface area contributed by atoms with Gasteiger partial charge in [-0.25, -0.2) is 0 Å². The molecule has 0 heterocycles. The van der Waals surface area contributed by atoms with Crippen molar-refractivity contribution in [1.82, 2.24) is 4.90 Å². The van der Waals surface area contributed by atoms with Crippen LogP contribution in [0.3, 0.4) is 0 Å². The number of unbranched alkanes of at least 4 members (excludes halogenated alkanes) is 11. The normalized spacial score (nSPS) is 13.8. The third-order valence-corrected chi connectivity index (χ3v) is 7.73. The number of rotatable bonds is 29. The van der Waals surface area contributed by atoms with Gasteiger partial charge in [0.15, 0.2) is 0 Å². The second kappa shape index (κ2) is 30.6. The van der Waals surface area contributed by atoms with Crippen LogP contribution in [0.5, 0.6) is 0 Å². The Labute approximate surface area is 251 Å². The highest BCUT2D eigenvalue weighted by Crippen LogP contribution is 2.27. The average molecular weight is 560 g/mol. The first-order valence-electron chi connectivity index (χ1n) is 17.3. The largest absolute Gasteiger partial charge is 0.462 e. The third kappa shape index (κ3) is 26.9. The molecule has 0 amide bonds. The van der Waals surface area contributed by atoms with Gasteiger partial charge in [0.25, 0.3) is 0 Å². The molecule has 0 aromatic rings. The molecule has 0 spiro atoms. The van der Waals surface area contributed by atoms with Crippen molar-refractivity contribution >= 4 is 5.97 Å². The number of esters is 1. The van der Waals surface area contributed by atoms with Crippen molar-refractivity contribution in [2.45, 2.75) is 168 Å². The van der Waals surface area contributed by atoms with Crippen LogP contribution in [0.25, 0.3) is 0 Å². The van der Waals surface area contributed by atoms with Crippen LogP contribution in [-0.4, -0.2) is 37.6 Å². The zero-order chi connectivity index (χ0) is 29.5. The van der Waals surface area contributed by atoms with E-state index in [1.54, 1.807) is 0 Å². The molecule has 40 heavy (non-hydrogen) atoms. The van der Waals surface area contributed by atoms with Gasteiger partial charge in [-0.3, -0.25) is 4.79 Å². The van der Waals surface area contributed by atoms with E-state index in [1.165, 1.54) is 89.9 Å². The van der Waals surface area contributed by atoms with Crippen LogP contribution >= 0.6 is 0 Å². The Bertz CT molecular complexity index is 596. The molecule has 0 saturated heterocycles. The lowest BCUT2D eigenvalue weighted by molar-refractivity contribution is -0.152. The Morgan fingerprint density at radius 1 is 0.575 bits per heavy atom. The van der Waals surface area contributed by atoms with Gasteiger partial charge in [0.05, 0.1) is 0 Å². The van der Waals surface area contributed by atoms with Crippen LogP contribution in [0.2, 0.25) is 0 Å². The molecular formula is C37H69NO2. The summed E-state index contributed by atoms with van der Waals surface area (Å²) in [6.07, 6.45) is 39.8. The van der Waals surface area contributed by atoms with Crippen LogP contribution in [-0.2, 0) is 9.53 Å². The van der Waals surface area contributed by atoms with Crippen LogP contribution in [0.1, 0.15) is 162 Å². The van der Waals surface area contributed by atoms with Crippen molar-refractivity contribution in [2.24, 2.45) is 5.92 Å².